The highest BCUT2D eigenvalue weighted by molar-refractivity contribution is 6.32. The SMILES string of the molecule is NCc1cncc(Oc2cc([N+](=O)[O-])ccc2Cl)c1. The summed E-state index contributed by atoms with van der Waals surface area (Å²) in [5, 5.41) is 11.0. The van der Waals surface area contributed by atoms with E-state index in [1.807, 2.05) is 0 Å². The molecule has 1 aromatic carbocycles. The Morgan fingerprint density at radius 2 is 2.16 bits per heavy atom. The van der Waals surface area contributed by atoms with Crippen molar-refractivity contribution < 1.29 is 9.66 Å². The molecule has 1 aromatic heterocycles. The fraction of sp³-hybridized carbons (Fsp3) is 0.0833. The smallest absolute Gasteiger partial charge is 0.273 e. The lowest BCUT2D eigenvalue weighted by Gasteiger charge is -2.07. The third-order valence-electron chi connectivity index (χ3n) is 2.36. The van der Waals surface area contributed by atoms with Crippen LogP contribution >= 0.6 is 11.6 Å². The van der Waals surface area contributed by atoms with Gasteiger partial charge < -0.3 is 10.5 Å². The monoisotopic (exact) mass is 279 g/mol. The zero-order valence-electron chi connectivity index (χ0n) is 9.75. The van der Waals surface area contributed by atoms with E-state index in [0.29, 0.717) is 12.3 Å². The van der Waals surface area contributed by atoms with Crippen LogP contribution in [0.15, 0.2) is 36.7 Å². The van der Waals surface area contributed by atoms with Crippen molar-refractivity contribution in [1.29, 1.82) is 0 Å². The molecule has 1 heterocycles. The molecule has 98 valence electrons. The maximum absolute atomic E-state index is 10.7. The molecule has 0 amide bonds. The third kappa shape index (κ3) is 3.18. The molecule has 0 atom stereocenters. The Bertz CT molecular complexity index is 619. The molecule has 0 aliphatic rings. The number of pyridine rings is 1. The zero-order valence-corrected chi connectivity index (χ0v) is 10.5. The summed E-state index contributed by atoms with van der Waals surface area (Å²) in [5.74, 6) is 0.622. The number of rotatable bonds is 4. The van der Waals surface area contributed by atoms with Gasteiger partial charge in [-0.1, -0.05) is 11.6 Å². The molecule has 0 saturated heterocycles. The van der Waals surface area contributed by atoms with E-state index in [9.17, 15) is 10.1 Å². The van der Waals surface area contributed by atoms with Crippen LogP contribution < -0.4 is 10.5 Å². The number of nitrogens with zero attached hydrogens (tertiary/aromatic N) is 2. The van der Waals surface area contributed by atoms with E-state index in [0.717, 1.165) is 5.56 Å². The zero-order chi connectivity index (χ0) is 13.8. The van der Waals surface area contributed by atoms with Crippen LogP contribution in [0, 0.1) is 10.1 Å². The molecule has 0 aliphatic carbocycles. The first-order chi connectivity index (χ1) is 9.10. The summed E-state index contributed by atoms with van der Waals surface area (Å²) in [7, 11) is 0. The number of ether oxygens (including phenoxy) is 1. The second kappa shape index (κ2) is 5.64. The predicted octanol–water partition coefficient (Wildman–Crippen LogP) is 2.89. The van der Waals surface area contributed by atoms with E-state index in [-0.39, 0.29) is 16.5 Å². The van der Waals surface area contributed by atoms with E-state index < -0.39 is 4.92 Å². The van der Waals surface area contributed by atoms with Gasteiger partial charge in [0, 0.05) is 18.8 Å². The van der Waals surface area contributed by atoms with E-state index in [4.69, 9.17) is 22.1 Å². The Morgan fingerprint density at radius 3 is 2.84 bits per heavy atom. The minimum Gasteiger partial charge on any atom is -0.454 e. The molecule has 0 spiro atoms. The van der Waals surface area contributed by atoms with Crippen molar-refractivity contribution in [2.24, 2.45) is 5.73 Å². The van der Waals surface area contributed by atoms with Gasteiger partial charge in [-0.3, -0.25) is 15.1 Å². The van der Waals surface area contributed by atoms with Crippen LogP contribution in [0.3, 0.4) is 0 Å². The average Bonchev–Trinajstić information content (AvgIpc) is 2.41. The Hall–Kier alpha value is -2.18. The summed E-state index contributed by atoms with van der Waals surface area (Å²) in [5.41, 5.74) is 6.19. The quantitative estimate of drug-likeness (QED) is 0.686. The number of hydrogen-bond donors (Lipinski definition) is 1. The van der Waals surface area contributed by atoms with Gasteiger partial charge in [0.2, 0.25) is 0 Å². The van der Waals surface area contributed by atoms with E-state index in [1.54, 1.807) is 12.3 Å². The normalized spacial score (nSPS) is 10.2. The number of nitro benzene ring substituents is 1. The van der Waals surface area contributed by atoms with Gasteiger partial charge in [0.15, 0.2) is 5.75 Å². The molecule has 0 unspecified atom stereocenters. The molecular weight excluding hydrogens is 270 g/mol. The van der Waals surface area contributed by atoms with Gasteiger partial charge in [-0.05, 0) is 17.7 Å². The molecular formula is C12H10ClN3O3. The summed E-state index contributed by atoms with van der Waals surface area (Å²) in [6.07, 6.45) is 3.09. The molecule has 2 aromatic rings. The second-order valence-electron chi connectivity index (χ2n) is 3.71. The highest BCUT2D eigenvalue weighted by Crippen LogP contribution is 2.32. The molecule has 0 aliphatic heterocycles. The lowest BCUT2D eigenvalue weighted by molar-refractivity contribution is -0.384. The fourth-order valence-electron chi connectivity index (χ4n) is 1.44. The Kier molecular flexibility index (Phi) is 3.94. The van der Waals surface area contributed by atoms with Gasteiger partial charge >= 0.3 is 0 Å². The molecule has 7 heteroatoms. The highest BCUT2D eigenvalue weighted by atomic mass is 35.5. The van der Waals surface area contributed by atoms with Crippen molar-refractivity contribution in [3.05, 3.63) is 57.4 Å². The van der Waals surface area contributed by atoms with Crippen molar-refractivity contribution in [3.8, 4) is 11.5 Å². The number of hydrogen-bond acceptors (Lipinski definition) is 5. The van der Waals surface area contributed by atoms with Crippen molar-refractivity contribution in [3.63, 3.8) is 0 Å². The average molecular weight is 280 g/mol. The Labute approximate surface area is 113 Å². The first-order valence-corrected chi connectivity index (χ1v) is 5.73. The van der Waals surface area contributed by atoms with Gasteiger partial charge in [0.25, 0.3) is 5.69 Å². The predicted molar refractivity (Wildman–Crippen MR) is 70.3 cm³/mol. The number of nitro groups is 1. The maximum atomic E-state index is 10.7. The topological polar surface area (TPSA) is 91.3 Å². The van der Waals surface area contributed by atoms with Crippen molar-refractivity contribution >= 4 is 17.3 Å². The first-order valence-electron chi connectivity index (χ1n) is 5.36. The Balaban J connectivity index is 2.31. The number of aromatic nitrogens is 1. The van der Waals surface area contributed by atoms with Crippen LogP contribution in [0.1, 0.15) is 5.56 Å². The Morgan fingerprint density at radius 1 is 1.37 bits per heavy atom. The second-order valence-corrected chi connectivity index (χ2v) is 4.11. The van der Waals surface area contributed by atoms with Crippen molar-refractivity contribution in [2.45, 2.75) is 6.54 Å². The highest BCUT2D eigenvalue weighted by Gasteiger charge is 2.11. The minimum absolute atomic E-state index is 0.0951. The number of nitrogens with two attached hydrogens (primary N) is 1. The van der Waals surface area contributed by atoms with Crippen molar-refractivity contribution in [2.75, 3.05) is 0 Å². The first kappa shape index (κ1) is 13.3. The molecule has 0 saturated carbocycles. The van der Waals surface area contributed by atoms with Crippen LogP contribution in [0.25, 0.3) is 0 Å². The van der Waals surface area contributed by atoms with Gasteiger partial charge in [-0.2, -0.15) is 0 Å². The molecule has 2 rings (SSSR count). The van der Waals surface area contributed by atoms with Crippen LogP contribution in [-0.2, 0) is 6.54 Å². The summed E-state index contributed by atoms with van der Waals surface area (Å²) < 4.78 is 5.49. The van der Waals surface area contributed by atoms with E-state index in [1.165, 1.54) is 24.4 Å². The number of halogens is 1. The van der Waals surface area contributed by atoms with Crippen LogP contribution in [-0.4, -0.2) is 9.91 Å². The van der Waals surface area contributed by atoms with Gasteiger partial charge in [0.1, 0.15) is 5.75 Å². The molecule has 0 radical (unpaired) electrons. The minimum atomic E-state index is -0.516. The summed E-state index contributed by atoms with van der Waals surface area (Å²) in [6.45, 7) is 0.326. The largest absolute Gasteiger partial charge is 0.454 e. The van der Waals surface area contributed by atoms with Gasteiger partial charge in [0.05, 0.1) is 22.2 Å². The van der Waals surface area contributed by atoms with Crippen LogP contribution in [0.4, 0.5) is 5.69 Å². The molecule has 2 N–H and O–H groups in total. The third-order valence-corrected chi connectivity index (χ3v) is 2.67. The summed E-state index contributed by atoms with van der Waals surface area (Å²) >= 11 is 5.93. The summed E-state index contributed by atoms with van der Waals surface area (Å²) in [4.78, 5) is 14.1. The lowest BCUT2D eigenvalue weighted by atomic mass is 10.3. The van der Waals surface area contributed by atoms with E-state index in [2.05, 4.69) is 4.98 Å². The van der Waals surface area contributed by atoms with Crippen molar-refractivity contribution in [1.82, 2.24) is 4.98 Å². The lowest BCUT2D eigenvalue weighted by Crippen LogP contribution is -1.97. The molecule has 19 heavy (non-hydrogen) atoms. The molecule has 0 fully saturated rings. The number of benzene rings is 1. The van der Waals surface area contributed by atoms with Crippen LogP contribution in [0.5, 0.6) is 11.5 Å². The fourth-order valence-corrected chi connectivity index (χ4v) is 1.60. The van der Waals surface area contributed by atoms with Crippen LogP contribution in [0.2, 0.25) is 5.02 Å². The maximum Gasteiger partial charge on any atom is 0.273 e. The molecule has 0 bridgehead atoms. The summed E-state index contributed by atoms with van der Waals surface area (Å²) in [6, 6.07) is 5.68. The van der Waals surface area contributed by atoms with Gasteiger partial charge in [-0.25, -0.2) is 0 Å². The van der Waals surface area contributed by atoms with E-state index >= 15 is 0 Å². The number of non-ortho nitro benzene ring substituents is 1. The standard InChI is InChI=1S/C12H10ClN3O3/c13-11-2-1-9(16(17)18)4-12(11)19-10-3-8(5-14)6-15-7-10/h1-4,6-7H,5,14H2. The van der Waals surface area contributed by atoms with Gasteiger partial charge in [-0.15, -0.1) is 0 Å². The molecule has 6 nitrogen and oxygen atoms in total.